The molecule has 1 rings (SSSR count). The van der Waals surface area contributed by atoms with E-state index in [4.69, 9.17) is 17.3 Å². The maximum atomic E-state index is 12.4. The van der Waals surface area contributed by atoms with E-state index in [1.54, 1.807) is 12.1 Å². The van der Waals surface area contributed by atoms with Crippen LogP contribution in [-0.4, -0.2) is 36.5 Å². The summed E-state index contributed by atoms with van der Waals surface area (Å²) in [5.74, 6) is -0.806. The van der Waals surface area contributed by atoms with E-state index in [1.165, 1.54) is 18.1 Å². The molecule has 0 saturated carbocycles. The minimum atomic E-state index is -0.478. The highest BCUT2D eigenvalue weighted by Crippen LogP contribution is 2.21. The Morgan fingerprint density at radius 3 is 2.53 bits per heavy atom. The lowest BCUT2D eigenvalue weighted by atomic mass is 10.1. The number of amides is 1. The molecule has 0 aliphatic heterocycles. The molecule has 1 aromatic rings. The molecule has 0 aromatic heterocycles. The van der Waals surface area contributed by atoms with Gasteiger partial charge in [-0.1, -0.05) is 11.6 Å². The second kappa shape index (κ2) is 6.43. The van der Waals surface area contributed by atoms with E-state index < -0.39 is 5.97 Å². The number of nitrogens with zero attached hydrogens (tertiary/aromatic N) is 1. The third-order valence-electron chi connectivity index (χ3n) is 2.63. The summed E-state index contributed by atoms with van der Waals surface area (Å²) in [5.41, 5.74) is 6.37. The van der Waals surface area contributed by atoms with Gasteiger partial charge >= 0.3 is 5.97 Å². The van der Waals surface area contributed by atoms with Gasteiger partial charge in [0.1, 0.15) is 6.54 Å². The number of methoxy groups -OCH3 is 1. The van der Waals surface area contributed by atoms with Crippen molar-refractivity contribution in [2.45, 2.75) is 19.9 Å². The zero-order valence-corrected chi connectivity index (χ0v) is 11.9. The molecule has 1 aromatic carbocycles. The highest BCUT2D eigenvalue weighted by atomic mass is 35.5. The number of carbonyl (C=O) groups excluding carboxylic acids is 2. The average Bonchev–Trinajstić information content (AvgIpc) is 2.34. The Hall–Kier alpha value is -1.75. The molecule has 6 heteroatoms. The molecule has 1 amide bonds. The molecular formula is C13H17ClN2O3. The van der Waals surface area contributed by atoms with Crippen molar-refractivity contribution in [2.75, 3.05) is 19.4 Å². The minimum Gasteiger partial charge on any atom is -0.468 e. The Morgan fingerprint density at radius 1 is 1.42 bits per heavy atom. The average molecular weight is 285 g/mol. The summed E-state index contributed by atoms with van der Waals surface area (Å²) in [7, 11) is 1.28. The van der Waals surface area contributed by atoms with Crippen molar-refractivity contribution in [3.05, 3.63) is 28.8 Å². The van der Waals surface area contributed by atoms with E-state index in [0.29, 0.717) is 11.3 Å². The van der Waals surface area contributed by atoms with Gasteiger partial charge in [-0.15, -0.1) is 0 Å². The summed E-state index contributed by atoms with van der Waals surface area (Å²) in [6.07, 6.45) is 0. The molecule has 0 radical (unpaired) electrons. The van der Waals surface area contributed by atoms with Gasteiger partial charge < -0.3 is 15.4 Å². The quantitative estimate of drug-likeness (QED) is 0.677. The van der Waals surface area contributed by atoms with Crippen LogP contribution in [0.25, 0.3) is 0 Å². The van der Waals surface area contributed by atoms with Crippen LogP contribution in [0.15, 0.2) is 18.2 Å². The maximum Gasteiger partial charge on any atom is 0.325 e. The molecule has 5 nitrogen and oxygen atoms in total. The van der Waals surface area contributed by atoms with E-state index in [-0.39, 0.29) is 23.5 Å². The van der Waals surface area contributed by atoms with Gasteiger partial charge in [0.05, 0.1) is 17.7 Å². The Kier molecular flexibility index (Phi) is 5.18. The van der Waals surface area contributed by atoms with Crippen molar-refractivity contribution in [1.82, 2.24) is 4.90 Å². The number of hydrogen-bond acceptors (Lipinski definition) is 4. The fourth-order valence-corrected chi connectivity index (χ4v) is 1.82. The van der Waals surface area contributed by atoms with E-state index in [0.717, 1.165) is 0 Å². The highest BCUT2D eigenvalue weighted by molar-refractivity contribution is 6.34. The number of ether oxygens (including phenoxy) is 1. The first-order valence-electron chi connectivity index (χ1n) is 5.79. The molecule has 0 spiro atoms. The van der Waals surface area contributed by atoms with E-state index in [2.05, 4.69) is 4.74 Å². The predicted molar refractivity (Wildman–Crippen MR) is 74.1 cm³/mol. The van der Waals surface area contributed by atoms with Gasteiger partial charge in [-0.2, -0.15) is 0 Å². The van der Waals surface area contributed by atoms with E-state index >= 15 is 0 Å². The number of nitrogens with two attached hydrogens (primary N) is 1. The van der Waals surface area contributed by atoms with Crippen molar-refractivity contribution >= 4 is 29.2 Å². The number of nitrogen functional groups attached to an aromatic ring is 1. The van der Waals surface area contributed by atoms with Gasteiger partial charge in [0, 0.05) is 11.7 Å². The van der Waals surface area contributed by atoms with Gasteiger partial charge in [0.2, 0.25) is 0 Å². The third-order valence-corrected chi connectivity index (χ3v) is 2.95. The molecule has 0 fully saturated rings. The summed E-state index contributed by atoms with van der Waals surface area (Å²) >= 11 is 6.00. The van der Waals surface area contributed by atoms with Crippen molar-refractivity contribution < 1.29 is 14.3 Å². The van der Waals surface area contributed by atoms with Crippen molar-refractivity contribution in [2.24, 2.45) is 0 Å². The topological polar surface area (TPSA) is 72.6 Å². The Bertz CT molecular complexity index is 489. The fourth-order valence-electron chi connectivity index (χ4n) is 1.55. The largest absolute Gasteiger partial charge is 0.468 e. The molecule has 0 aliphatic carbocycles. The lowest BCUT2D eigenvalue weighted by Crippen LogP contribution is -2.41. The smallest absolute Gasteiger partial charge is 0.325 e. The SMILES string of the molecule is COC(=O)CN(C(=O)c1ccc(N)cc1Cl)C(C)C. The van der Waals surface area contributed by atoms with Gasteiger partial charge in [-0.05, 0) is 32.0 Å². The van der Waals surface area contributed by atoms with Crippen LogP contribution in [0.5, 0.6) is 0 Å². The van der Waals surface area contributed by atoms with Gasteiger partial charge in [0.25, 0.3) is 5.91 Å². The lowest BCUT2D eigenvalue weighted by Gasteiger charge is -2.26. The first-order chi connectivity index (χ1) is 8.86. The molecule has 2 N–H and O–H groups in total. The van der Waals surface area contributed by atoms with Crippen LogP contribution >= 0.6 is 11.6 Å². The number of hydrogen-bond donors (Lipinski definition) is 1. The van der Waals surface area contributed by atoms with E-state index in [9.17, 15) is 9.59 Å². The molecule has 0 saturated heterocycles. The normalized spacial score (nSPS) is 10.4. The second-order valence-corrected chi connectivity index (χ2v) is 4.75. The van der Waals surface area contributed by atoms with Crippen LogP contribution in [0.1, 0.15) is 24.2 Å². The molecule has 0 unspecified atom stereocenters. The minimum absolute atomic E-state index is 0.117. The van der Waals surface area contributed by atoms with Crippen molar-refractivity contribution in [3.8, 4) is 0 Å². The zero-order valence-electron chi connectivity index (χ0n) is 11.1. The molecular weight excluding hydrogens is 268 g/mol. The maximum absolute atomic E-state index is 12.4. The molecule has 0 heterocycles. The molecule has 0 aliphatic rings. The summed E-state index contributed by atoms with van der Waals surface area (Å²) in [6, 6.07) is 4.49. The number of rotatable bonds is 4. The van der Waals surface area contributed by atoms with Crippen LogP contribution in [0.4, 0.5) is 5.69 Å². The monoisotopic (exact) mass is 284 g/mol. The number of esters is 1. The molecule has 0 atom stereocenters. The summed E-state index contributed by atoms with van der Waals surface area (Å²) in [4.78, 5) is 25.1. The molecule has 0 bridgehead atoms. The summed E-state index contributed by atoms with van der Waals surface area (Å²) in [5, 5.41) is 0.264. The van der Waals surface area contributed by atoms with E-state index in [1.807, 2.05) is 13.8 Å². The molecule has 19 heavy (non-hydrogen) atoms. The number of anilines is 1. The zero-order chi connectivity index (χ0) is 14.6. The summed E-state index contributed by atoms with van der Waals surface area (Å²) < 4.78 is 4.58. The number of benzene rings is 1. The van der Waals surface area contributed by atoms with Crippen LogP contribution in [-0.2, 0) is 9.53 Å². The van der Waals surface area contributed by atoms with Crippen LogP contribution in [0.2, 0.25) is 5.02 Å². The second-order valence-electron chi connectivity index (χ2n) is 4.34. The van der Waals surface area contributed by atoms with Crippen LogP contribution < -0.4 is 5.73 Å². The predicted octanol–water partition coefficient (Wildman–Crippen LogP) is 1.95. The lowest BCUT2D eigenvalue weighted by molar-refractivity contribution is -0.141. The third kappa shape index (κ3) is 3.86. The molecule has 104 valence electrons. The first-order valence-corrected chi connectivity index (χ1v) is 6.17. The van der Waals surface area contributed by atoms with Crippen LogP contribution in [0, 0.1) is 0 Å². The van der Waals surface area contributed by atoms with Gasteiger partial charge in [-0.25, -0.2) is 0 Å². The summed E-state index contributed by atoms with van der Waals surface area (Å²) in [6.45, 7) is 3.51. The number of halogens is 1. The van der Waals surface area contributed by atoms with Gasteiger partial charge in [-0.3, -0.25) is 9.59 Å². The van der Waals surface area contributed by atoms with Crippen molar-refractivity contribution in [3.63, 3.8) is 0 Å². The Labute approximate surface area is 117 Å². The van der Waals surface area contributed by atoms with Gasteiger partial charge in [0.15, 0.2) is 0 Å². The first kappa shape index (κ1) is 15.3. The van der Waals surface area contributed by atoms with Crippen LogP contribution in [0.3, 0.4) is 0 Å². The Morgan fingerprint density at radius 2 is 2.05 bits per heavy atom. The number of carbonyl (C=O) groups is 2. The standard InChI is InChI=1S/C13H17ClN2O3/c1-8(2)16(7-12(17)19-3)13(18)10-5-4-9(15)6-11(10)14/h4-6,8H,7,15H2,1-3H3. The van der Waals surface area contributed by atoms with Crippen molar-refractivity contribution in [1.29, 1.82) is 0 Å². The Balaban J connectivity index is 3.02. The fraction of sp³-hybridized carbons (Fsp3) is 0.385. The highest BCUT2D eigenvalue weighted by Gasteiger charge is 2.23.